The first kappa shape index (κ1) is 17.1. The first-order chi connectivity index (χ1) is 13.2. The molecule has 0 saturated carbocycles. The van der Waals surface area contributed by atoms with Gasteiger partial charge in [-0.05, 0) is 43.2 Å². The SMILES string of the molecule is O=C(Nc1ccc2[nH]ncc2c1)C1CCN(C(=O)Nc2ccccc2)CC1. The van der Waals surface area contributed by atoms with Crippen LogP contribution in [0.1, 0.15) is 12.8 Å². The van der Waals surface area contributed by atoms with Gasteiger partial charge in [0.15, 0.2) is 0 Å². The summed E-state index contributed by atoms with van der Waals surface area (Å²) in [5.74, 6) is -0.0909. The number of para-hydroxylation sites is 1. The lowest BCUT2D eigenvalue weighted by atomic mass is 9.96. The Morgan fingerprint density at radius 1 is 1.00 bits per heavy atom. The molecule has 1 fully saturated rings. The van der Waals surface area contributed by atoms with Crippen molar-refractivity contribution in [1.82, 2.24) is 15.1 Å². The molecular formula is C20H21N5O2. The van der Waals surface area contributed by atoms with Crippen molar-refractivity contribution in [2.24, 2.45) is 5.92 Å². The summed E-state index contributed by atoms with van der Waals surface area (Å²) in [6.07, 6.45) is 3.04. The van der Waals surface area contributed by atoms with E-state index in [9.17, 15) is 9.59 Å². The molecule has 7 nitrogen and oxygen atoms in total. The maximum absolute atomic E-state index is 12.6. The minimum atomic E-state index is -0.120. The number of fused-ring (bicyclic) bond motifs is 1. The number of H-pyrrole nitrogens is 1. The molecule has 1 saturated heterocycles. The van der Waals surface area contributed by atoms with Crippen LogP contribution in [0.3, 0.4) is 0 Å². The van der Waals surface area contributed by atoms with Gasteiger partial charge in [0.2, 0.25) is 5.91 Å². The molecule has 1 aliphatic rings. The summed E-state index contributed by atoms with van der Waals surface area (Å²) in [5.41, 5.74) is 2.47. The molecule has 2 aromatic carbocycles. The summed E-state index contributed by atoms with van der Waals surface area (Å²) in [6, 6.07) is 14.9. The van der Waals surface area contributed by atoms with Gasteiger partial charge >= 0.3 is 6.03 Å². The number of rotatable bonds is 3. The number of carbonyl (C=O) groups is 2. The number of anilines is 2. The maximum Gasteiger partial charge on any atom is 0.321 e. The Balaban J connectivity index is 1.30. The van der Waals surface area contributed by atoms with Crippen LogP contribution in [0.2, 0.25) is 0 Å². The van der Waals surface area contributed by atoms with E-state index in [1.807, 2.05) is 48.5 Å². The zero-order chi connectivity index (χ0) is 18.6. The summed E-state index contributed by atoms with van der Waals surface area (Å²) >= 11 is 0. The number of likely N-dealkylation sites (tertiary alicyclic amines) is 1. The van der Waals surface area contributed by atoms with Gasteiger partial charge in [0, 0.05) is 35.8 Å². The number of amides is 3. The number of hydrogen-bond donors (Lipinski definition) is 3. The molecule has 0 atom stereocenters. The average molecular weight is 363 g/mol. The summed E-state index contributed by atoms with van der Waals surface area (Å²) in [7, 11) is 0. The zero-order valence-electron chi connectivity index (χ0n) is 14.8. The fourth-order valence-corrected chi connectivity index (χ4v) is 3.33. The van der Waals surface area contributed by atoms with Gasteiger partial charge in [0.25, 0.3) is 0 Å². The van der Waals surface area contributed by atoms with Crippen molar-refractivity contribution in [3.8, 4) is 0 Å². The molecule has 1 aromatic heterocycles. The molecule has 3 N–H and O–H groups in total. The third kappa shape index (κ3) is 3.92. The van der Waals surface area contributed by atoms with E-state index in [-0.39, 0.29) is 17.9 Å². The van der Waals surface area contributed by atoms with Crippen LogP contribution in [-0.4, -0.2) is 40.1 Å². The van der Waals surface area contributed by atoms with Crippen molar-refractivity contribution in [3.05, 3.63) is 54.7 Å². The second-order valence-electron chi connectivity index (χ2n) is 6.72. The molecule has 2 heterocycles. The maximum atomic E-state index is 12.6. The number of carbonyl (C=O) groups excluding carboxylic acids is 2. The number of urea groups is 1. The Morgan fingerprint density at radius 3 is 2.56 bits per heavy atom. The molecule has 0 unspecified atom stereocenters. The highest BCUT2D eigenvalue weighted by Crippen LogP contribution is 2.22. The van der Waals surface area contributed by atoms with E-state index in [4.69, 9.17) is 0 Å². The Hall–Kier alpha value is -3.35. The van der Waals surface area contributed by atoms with E-state index in [0.717, 1.165) is 22.3 Å². The van der Waals surface area contributed by atoms with Crippen molar-refractivity contribution < 1.29 is 9.59 Å². The number of nitrogens with one attached hydrogen (secondary N) is 3. The predicted molar refractivity (Wildman–Crippen MR) is 104 cm³/mol. The minimum Gasteiger partial charge on any atom is -0.326 e. The first-order valence-electron chi connectivity index (χ1n) is 9.04. The van der Waals surface area contributed by atoms with Crippen molar-refractivity contribution in [2.75, 3.05) is 23.7 Å². The van der Waals surface area contributed by atoms with Gasteiger partial charge in [0.1, 0.15) is 0 Å². The fourth-order valence-electron chi connectivity index (χ4n) is 3.33. The van der Waals surface area contributed by atoms with E-state index in [0.29, 0.717) is 25.9 Å². The Kier molecular flexibility index (Phi) is 4.74. The van der Waals surface area contributed by atoms with Crippen LogP contribution in [0.15, 0.2) is 54.7 Å². The summed E-state index contributed by atoms with van der Waals surface area (Å²) in [6.45, 7) is 1.13. The molecule has 0 aliphatic carbocycles. The molecule has 27 heavy (non-hydrogen) atoms. The highest BCUT2D eigenvalue weighted by molar-refractivity contribution is 5.95. The Labute approximate surface area is 156 Å². The number of piperidine rings is 1. The van der Waals surface area contributed by atoms with Gasteiger partial charge in [-0.2, -0.15) is 5.10 Å². The highest BCUT2D eigenvalue weighted by atomic mass is 16.2. The van der Waals surface area contributed by atoms with Gasteiger partial charge in [-0.15, -0.1) is 0 Å². The van der Waals surface area contributed by atoms with Crippen molar-refractivity contribution >= 4 is 34.2 Å². The number of aromatic nitrogens is 2. The Bertz CT molecular complexity index is 945. The van der Waals surface area contributed by atoms with Gasteiger partial charge in [0.05, 0.1) is 11.7 Å². The lowest BCUT2D eigenvalue weighted by molar-refractivity contribution is -0.121. The van der Waals surface area contributed by atoms with Gasteiger partial charge in [-0.1, -0.05) is 18.2 Å². The summed E-state index contributed by atoms with van der Waals surface area (Å²) in [5, 5.41) is 13.7. The predicted octanol–water partition coefficient (Wildman–Crippen LogP) is 3.45. The molecule has 0 radical (unpaired) electrons. The number of aromatic amines is 1. The largest absolute Gasteiger partial charge is 0.326 e. The zero-order valence-corrected chi connectivity index (χ0v) is 14.8. The minimum absolute atomic E-state index is 0.000891. The molecular weight excluding hydrogens is 342 g/mol. The van der Waals surface area contributed by atoms with E-state index in [2.05, 4.69) is 20.8 Å². The Morgan fingerprint density at radius 2 is 1.78 bits per heavy atom. The van der Waals surface area contributed by atoms with E-state index in [1.165, 1.54) is 0 Å². The third-order valence-corrected chi connectivity index (χ3v) is 4.89. The van der Waals surface area contributed by atoms with E-state index < -0.39 is 0 Å². The van der Waals surface area contributed by atoms with Crippen LogP contribution >= 0.6 is 0 Å². The molecule has 1 aliphatic heterocycles. The molecule has 3 aromatic rings. The monoisotopic (exact) mass is 363 g/mol. The molecule has 0 bridgehead atoms. The molecule has 138 valence electrons. The van der Waals surface area contributed by atoms with Crippen LogP contribution in [0.25, 0.3) is 10.9 Å². The topological polar surface area (TPSA) is 90.1 Å². The van der Waals surface area contributed by atoms with Gasteiger partial charge in [-0.3, -0.25) is 9.89 Å². The number of nitrogens with zero attached hydrogens (tertiary/aromatic N) is 2. The quantitative estimate of drug-likeness (QED) is 0.666. The molecule has 3 amide bonds. The average Bonchev–Trinajstić information content (AvgIpc) is 3.16. The van der Waals surface area contributed by atoms with E-state index in [1.54, 1.807) is 11.1 Å². The second-order valence-corrected chi connectivity index (χ2v) is 6.72. The summed E-state index contributed by atoms with van der Waals surface area (Å²) < 4.78 is 0. The summed E-state index contributed by atoms with van der Waals surface area (Å²) in [4.78, 5) is 26.7. The van der Waals surface area contributed by atoms with Crippen LogP contribution < -0.4 is 10.6 Å². The van der Waals surface area contributed by atoms with Crippen LogP contribution in [0.4, 0.5) is 16.2 Å². The van der Waals surface area contributed by atoms with Crippen LogP contribution in [0.5, 0.6) is 0 Å². The normalized spacial score (nSPS) is 14.9. The van der Waals surface area contributed by atoms with Crippen molar-refractivity contribution in [3.63, 3.8) is 0 Å². The van der Waals surface area contributed by atoms with E-state index >= 15 is 0 Å². The standard InChI is InChI=1S/C20H21N5O2/c26-19(22-17-6-7-18-15(12-17)13-21-24-18)14-8-10-25(11-9-14)20(27)23-16-4-2-1-3-5-16/h1-7,12-14H,8-11H2,(H,21,24)(H,22,26)(H,23,27). The van der Waals surface area contributed by atoms with Gasteiger partial charge in [-0.25, -0.2) is 4.79 Å². The number of benzene rings is 2. The molecule has 0 spiro atoms. The third-order valence-electron chi connectivity index (χ3n) is 4.89. The van der Waals surface area contributed by atoms with Crippen LogP contribution in [-0.2, 0) is 4.79 Å². The lowest BCUT2D eigenvalue weighted by Crippen LogP contribution is -2.43. The highest BCUT2D eigenvalue weighted by Gasteiger charge is 2.27. The molecule has 4 rings (SSSR count). The first-order valence-corrected chi connectivity index (χ1v) is 9.04. The van der Waals surface area contributed by atoms with Crippen molar-refractivity contribution in [2.45, 2.75) is 12.8 Å². The van der Waals surface area contributed by atoms with Gasteiger partial charge < -0.3 is 15.5 Å². The van der Waals surface area contributed by atoms with Crippen molar-refractivity contribution in [1.29, 1.82) is 0 Å². The smallest absolute Gasteiger partial charge is 0.321 e. The number of hydrogen-bond acceptors (Lipinski definition) is 3. The lowest BCUT2D eigenvalue weighted by Gasteiger charge is -2.31. The van der Waals surface area contributed by atoms with Crippen LogP contribution in [0, 0.1) is 5.92 Å². The second kappa shape index (κ2) is 7.49. The fraction of sp³-hybridized carbons (Fsp3) is 0.250. The molecule has 7 heteroatoms.